The van der Waals surface area contributed by atoms with Gasteiger partial charge in [0.05, 0.1) is 6.61 Å². The van der Waals surface area contributed by atoms with E-state index in [-0.39, 0.29) is 6.61 Å². The number of unbranched alkanes of at least 4 members (excludes halogenated alkanes) is 7. The zero-order valence-corrected chi connectivity index (χ0v) is 10.1. The molecule has 0 aliphatic carbocycles. The van der Waals surface area contributed by atoms with Crippen LogP contribution in [-0.4, -0.2) is 35.1 Å². The summed E-state index contributed by atoms with van der Waals surface area (Å²) in [6, 6.07) is 0. The van der Waals surface area contributed by atoms with Gasteiger partial charge in [0, 0.05) is 13.1 Å². The van der Waals surface area contributed by atoms with E-state index < -0.39 is 0 Å². The van der Waals surface area contributed by atoms with Crippen LogP contribution in [0.5, 0.6) is 0 Å². The van der Waals surface area contributed by atoms with Crippen molar-refractivity contribution < 1.29 is 10.3 Å². The Kier molecular flexibility index (Phi) is 11.9. The summed E-state index contributed by atoms with van der Waals surface area (Å²) in [5, 5.41) is 19.0. The van der Waals surface area contributed by atoms with Crippen LogP contribution in [0, 0.1) is 0 Å². The summed E-state index contributed by atoms with van der Waals surface area (Å²) in [5.41, 5.74) is 0. The highest BCUT2D eigenvalue weighted by Gasteiger charge is 1.98. The molecule has 0 atom stereocenters. The Balaban J connectivity index is 2.98. The number of hydroxylamine groups is 2. The van der Waals surface area contributed by atoms with Crippen LogP contribution in [0.3, 0.4) is 0 Å². The van der Waals surface area contributed by atoms with E-state index >= 15 is 0 Å². The van der Waals surface area contributed by atoms with Crippen LogP contribution in [-0.2, 0) is 0 Å². The molecule has 0 radical (unpaired) electrons. The summed E-state index contributed by atoms with van der Waals surface area (Å²) in [6.45, 7) is 3.33. The van der Waals surface area contributed by atoms with E-state index in [0.717, 1.165) is 6.42 Å². The lowest BCUT2D eigenvalue weighted by Gasteiger charge is -2.12. The molecule has 0 rings (SSSR count). The van der Waals surface area contributed by atoms with E-state index in [1.165, 1.54) is 50.0 Å². The molecule has 0 aromatic carbocycles. The van der Waals surface area contributed by atoms with Gasteiger partial charge in [-0.15, -0.1) is 0 Å². The lowest BCUT2D eigenvalue weighted by Crippen LogP contribution is -2.23. The molecule has 15 heavy (non-hydrogen) atoms. The van der Waals surface area contributed by atoms with Gasteiger partial charge in [0.2, 0.25) is 0 Å². The minimum atomic E-state index is 0.0352. The highest BCUT2D eigenvalue weighted by atomic mass is 16.5. The molecule has 0 saturated heterocycles. The van der Waals surface area contributed by atoms with Crippen molar-refractivity contribution in [2.75, 3.05) is 19.7 Å². The van der Waals surface area contributed by atoms with E-state index in [2.05, 4.69) is 6.92 Å². The molecule has 3 heteroatoms. The molecule has 0 amide bonds. The summed E-state index contributed by atoms with van der Waals surface area (Å²) in [5.74, 6) is 0. The Morgan fingerprint density at radius 1 is 0.800 bits per heavy atom. The smallest absolute Gasteiger partial charge is 0.0581 e. The normalized spacial score (nSPS) is 11.2. The SMILES string of the molecule is CCCCCCCCCCN(O)CCO. The van der Waals surface area contributed by atoms with E-state index in [9.17, 15) is 5.21 Å². The van der Waals surface area contributed by atoms with Gasteiger partial charge in [-0.25, -0.2) is 0 Å². The van der Waals surface area contributed by atoms with Gasteiger partial charge in [-0.3, -0.25) is 0 Å². The lowest BCUT2D eigenvalue weighted by atomic mass is 10.1. The summed E-state index contributed by atoms with van der Waals surface area (Å²) in [6.07, 6.45) is 10.2. The van der Waals surface area contributed by atoms with Crippen molar-refractivity contribution in [3.8, 4) is 0 Å². The molecular weight excluding hydrogens is 190 g/mol. The number of nitrogens with zero attached hydrogens (tertiary/aromatic N) is 1. The molecule has 0 aliphatic rings. The van der Waals surface area contributed by atoms with Crippen LogP contribution in [0.4, 0.5) is 0 Å². The largest absolute Gasteiger partial charge is 0.395 e. The molecule has 0 heterocycles. The Labute approximate surface area is 94.1 Å². The summed E-state index contributed by atoms with van der Waals surface area (Å²) in [7, 11) is 0. The van der Waals surface area contributed by atoms with E-state index in [1.807, 2.05) is 0 Å². The molecule has 0 unspecified atom stereocenters. The summed E-state index contributed by atoms with van der Waals surface area (Å²) in [4.78, 5) is 0. The third kappa shape index (κ3) is 11.8. The quantitative estimate of drug-likeness (QED) is 0.413. The van der Waals surface area contributed by atoms with Gasteiger partial charge >= 0.3 is 0 Å². The minimum Gasteiger partial charge on any atom is -0.395 e. The first-order valence-electron chi connectivity index (χ1n) is 6.36. The van der Waals surface area contributed by atoms with Crippen molar-refractivity contribution in [3.63, 3.8) is 0 Å². The summed E-state index contributed by atoms with van der Waals surface area (Å²) < 4.78 is 0. The third-order valence-electron chi connectivity index (χ3n) is 2.63. The fourth-order valence-corrected chi connectivity index (χ4v) is 1.66. The van der Waals surface area contributed by atoms with E-state index in [4.69, 9.17) is 5.11 Å². The molecule has 0 saturated carbocycles. The molecule has 0 aromatic rings. The number of aliphatic hydroxyl groups is 1. The van der Waals surface area contributed by atoms with Crippen LogP contribution < -0.4 is 0 Å². The van der Waals surface area contributed by atoms with Crippen molar-refractivity contribution in [2.45, 2.75) is 58.3 Å². The Morgan fingerprint density at radius 2 is 1.33 bits per heavy atom. The van der Waals surface area contributed by atoms with Crippen LogP contribution >= 0.6 is 0 Å². The Bertz CT molecular complexity index is 120. The van der Waals surface area contributed by atoms with Gasteiger partial charge in [0.25, 0.3) is 0 Å². The van der Waals surface area contributed by atoms with Crippen molar-refractivity contribution in [3.05, 3.63) is 0 Å². The molecule has 0 aromatic heterocycles. The molecule has 92 valence electrons. The lowest BCUT2D eigenvalue weighted by molar-refractivity contribution is -0.0991. The van der Waals surface area contributed by atoms with Gasteiger partial charge in [-0.1, -0.05) is 51.9 Å². The zero-order valence-electron chi connectivity index (χ0n) is 10.1. The topological polar surface area (TPSA) is 43.7 Å². The Morgan fingerprint density at radius 3 is 1.87 bits per heavy atom. The average Bonchev–Trinajstić information content (AvgIpc) is 2.22. The number of hydrogen-bond acceptors (Lipinski definition) is 3. The fourth-order valence-electron chi connectivity index (χ4n) is 1.66. The zero-order chi connectivity index (χ0) is 11.4. The molecule has 0 fully saturated rings. The summed E-state index contributed by atoms with van der Waals surface area (Å²) >= 11 is 0. The van der Waals surface area contributed by atoms with Gasteiger partial charge in [-0.2, -0.15) is 5.06 Å². The second-order valence-corrected chi connectivity index (χ2v) is 4.15. The van der Waals surface area contributed by atoms with Gasteiger partial charge in [-0.05, 0) is 6.42 Å². The predicted octanol–water partition coefficient (Wildman–Crippen LogP) is 2.81. The molecular formula is C12H27NO2. The second kappa shape index (κ2) is 12.0. The molecule has 0 aliphatic heterocycles. The number of hydrogen-bond donors (Lipinski definition) is 2. The molecule has 0 spiro atoms. The monoisotopic (exact) mass is 217 g/mol. The van der Waals surface area contributed by atoms with Gasteiger partial charge in [0.15, 0.2) is 0 Å². The van der Waals surface area contributed by atoms with Gasteiger partial charge < -0.3 is 10.3 Å². The second-order valence-electron chi connectivity index (χ2n) is 4.15. The first kappa shape index (κ1) is 14.9. The van der Waals surface area contributed by atoms with E-state index in [0.29, 0.717) is 13.1 Å². The molecule has 0 bridgehead atoms. The maximum Gasteiger partial charge on any atom is 0.0581 e. The van der Waals surface area contributed by atoms with Crippen molar-refractivity contribution in [1.82, 2.24) is 5.06 Å². The molecule has 2 N–H and O–H groups in total. The first-order chi connectivity index (χ1) is 7.31. The van der Waals surface area contributed by atoms with Crippen LogP contribution in [0.15, 0.2) is 0 Å². The maximum absolute atomic E-state index is 9.20. The van der Waals surface area contributed by atoms with Crippen LogP contribution in [0.25, 0.3) is 0 Å². The Hall–Kier alpha value is -0.120. The third-order valence-corrected chi connectivity index (χ3v) is 2.63. The fraction of sp³-hybridized carbons (Fsp3) is 1.00. The van der Waals surface area contributed by atoms with Crippen molar-refractivity contribution in [1.29, 1.82) is 0 Å². The highest BCUT2D eigenvalue weighted by molar-refractivity contribution is 4.48. The predicted molar refractivity (Wildman–Crippen MR) is 63.1 cm³/mol. The maximum atomic E-state index is 9.20. The first-order valence-corrected chi connectivity index (χ1v) is 6.36. The van der Waals surface area contributed by atoms with Crippen LogP contribution in [0.1, 0.15) is 58.3 Å². The van der Waals surface area contributed by atoms with Gasteiger partial charge in [0.1, 0.15) is 0 Å². The minimum absolute atomic E-state index is 0.0352. The standard InChI is InChI=1S/C12H27NO2/c1-2-3-4-5-6-7-8-9-10-13(15)11-12-14/h14-15H,2-12H2,1H3. The van der Waals surface area contributed by atoms with Crippen molar-refractivity contribution in [2.24, 2.45) is 0 Å². The van der Waals surface area contributed by atoms with E-state index in [1.54, 1.807) is 0 Å². The average molecular weight is 217 g/mol. The molecule has 3 nitrogen and oxygen atoms in total. The van der Waals surface area contributed by atoms with Crippen LogP contribution in [0.2, 0.25) is 0 Å². The highest BCUT2D eigenvalue weighted by Crippen LogP contribution is 2.08. The van der Waals surface area contributed by atoms with Crippen molar-refractivity contribution >= 4 is 0 Å². The number of rotatable bonds is 11. The number of aliphatic hydroxyl groups excluding tert-OH is 1.